The molecule has 1 aliphatic heterocycles. The maximum Gasteiger partial charge on any atom is 0.306 e. The second-order valence-electron chi connectivity index (χ2n) is 6.54. The van der Waals surface area contributed by atoms with Crippen LogP contribution in [0.25, 0.3) is 0 Å². The fourth-order valence-electron chi connectivity index (χ4n) is 3.61. The molecule has 150 valence electrons. The number of benzene rings is 1. The van der Waals surface area contributed by atoms with Gasteiger partial charge in [-0.15, -0.1) is 0 Å². The molecule has 0 saturated heterocycles. The van der Waals surface area contributed by atoms with Crippen molar-refractivity contribution in [1.82, 2.24) is 9.47 Å². The van der Waals surface area contributed by atoms with E-state index in [0.717, 1.165) is 17.8 Å². The van der Waals surface area contributed by atoms with E-state index in [9.17, 15) is 9.59 Å². The quantitative estimate of drug-likeness (QED) is 0.685. The van der Waals surface area contributed by atoms with Crippen molar-refractivity contribution in [2.45, 2.75) is 32.4 Å². The first-order valence-electron chi connectivity index (χ1n) is 9.41. The lowest BCUT2D eigenvalue weighted by Gasteiger charge is -2.37. The van der Waals surface area contributed by atoms with Crippen molar-refractivity contribution in [3.8, 4) is 11.5 Å². The average Bonchev–Trinajstić information content (AvgIpc) is 3.19. The number of hydrogen-bond acceptors (Lipinski definition) is 5. The number of methoxy groups -OCH3 is 2. The predicted molar refractivity (Wildman–Crippen MR) is 103 cm³/mol. The molecule has 0 spiro atoms. The molecule has 1 aromatic carbocycles. The highest BCUT2D eigenvalue weighted by Gasteiger charge is 2.32. The fraction of sp³-hybridized carbons (Fsp3) is 0.429. The molecule has 0 saturated carbocycles. The predicted octanol–water partition coefficient (Wildman–Crippen LogP) is 2.78. The van der Waals surface area contributed by atoms with Crippen LogP contribution < -0.4 is 9.47 Å². The highest BCUT2D eigenvalue weighted by Crippen LogP contribution is 2.37. The summed E-state index contributed by atoms with van der Waals surface area (Å²) in [7, 11) is 3.18. The Hall–Kier alpha value is -2.96. The molecule has 7 nitrogen and oxygen atoms in total. The second kappa shape index (κ2) is 8.82. The molecule has 0 fully saturated rings. The summed E-state index contributed by atoms with van der Waals surface area (Å²) in [4.78, 5) is 26.4. The zero-order valence-electron chi connectivity index (χ0n) is 16.5. The minimum atomic E-state index is -0.348. The second-order valence-corrected chi connectivity index (χ2v) is 6.54. The van der Waals surface area contributed by atoms with Gasteiger partial charge in [-0.2, -0.15) is 0 Å². The fourth-order valence-corrected chi connectivity index (χ4v) is 3.61. The van der Waals surface area contributed by atoms with Crippen molar-refractivity contribution >= 4 is 11.9 Å². The molecule has 28 heavy (non-hydrogen) atoms. The summed E-state index contributed by atoms with van der Waals surface area (Å²) >= 11 is 0. The van der Waals surface area contributed by atoms with Crippen LogP contribution in [0.1, 0.15) is 37.1 Å². The Labute approximate surface area is 164 Å². The van der Waals surface area contributed by atoms with E-state index in [1.165, 1.54) is 0 Å². The van der Waals surface area contributed by atoms with Gasteiger partial charge in [-0.3, -0.25) is 9.59 Å². The van der Waals surface area contributed by atoms with E-state index in [-0.39, 0.29) is 30.8 Å². The molecule has 2 heterocycles. The summed E-state index contributed by atoms with van der Waals surface area (Å²) in [5.41, 5.74) is 1.96. The smallest absolute Gasteiger partial charge is 0.306 e. The van der Waals surface area contributed by atoms with Crippen molar-refractivity contribution in [3.05, 3.63) is 47.8 Å². The van der Waals surface area contributed by atoms with Gasteiger partial charge in [0.2, 0.25) is 5.91 Å². The number of hydrogen-bond donors (Lipinski definition) is 0. The first-order valence-corrected chi connectivity index (χ1v) is 9.41. The number of aromatic nitrogens is 1. The van der Waals surface area contributed by atoms with Gasteiger partial charge in [0.15, 0.2) is 11.5 Å². The number of ether oxygens (including phenoxy) is 3. The number of rotatable bonds is 7. The first kappa shape index (κ1) is 19.8. The SMILES string of the molecule is CCOC(=O)CCC(=O)N1CCn2cccc2C1c1ccc(OC)c(OC)c1. The lowest BCUT2D eigenvalue weighted by atomic mass is 9.98. The van der Waals surface area contributed by atoms with Crippen LogP contribution in [-0.2, 0) is 20.9 Å². The Morgan fingerprint density at radius 2 is 1.86 bits per heavy atom. The molecule has 0 radical (unpaired) electrons. The summed E-state index contributed by atoms with van der Waals surface area (Å²) in [6.45, 7) is 3.36. The van der Waals surface area contributed by atoms with Gasteiger partial charge in [0.25, 0.3) is 0 Å². The topological polar surface area (TPSA) is 70.0 Å². The maximum absolute atomic E-state index is 13.0. The van der Waals surface area contributed by atoms with Gasteiger partial charge in [-0.25, -0.2) is 0 Å². The largest absolute Gasteiger partial charge is 0.493 e. The molecule has 0 bridgehead atoms. The van der Waals surface area contributed by atoms with E-state index in [1.807, 2.05) is 41.4 Å². The summed E-state index contributed by atoms with van der Waals surface area (Å²) in [6.07, 6.45) is 2.23. The van der Waals surface area contributed by atoms with Gasteiger partial charge in [0.05, 0.1) is 33.3 Å². The van der Waals surface area contributed by atoms with Crippen molar-refractivity contribution < 1.29 is 23.8 Å². The number of carbonyl (C=O) groups excluding carboxylic acids is 2. The van der Waals surface area contributed by atoms with Gasteiger partial charge in [0.1, 0.15) is 0 Å². The summed E-state index contributed by atoms with van der Waals surface area (Å²) in [5.74, 6) is 0.833. The minimum absolute atomic E-state index is 0.0692. The Morgan fingerprint density at radius 3 is 2.57 bits per heavy atom. The van der Waals surface area contributed by atoms with E-state index < -0.39 is 0 Å². The van der Waals surface area contributed by atoms with Crippen LogP contribution >= 0.6 is 0 Å². The van der Waals surface area contributed by atoms with Gasteiger partial charge < -0.3 is 23.7 Å². The van der Waals surface area contributed by atoms with E-state index >= 15 is 0 Å². The molecule has 7 heteroatoms. The zero-order valence-corrected chi connectivity index (χ0v) is 16.5. The molecule has 1 aromatic heterocycles. The normalized spacial score (nSPS) is 15.7. The van der Waals surface area contributed by atoms with Crippen molar-refractivity contribution in [2.24, 2.45) is 0 Å². The molecule has 2 aromatic rings. The number of amides is 1. The van der Waals surface area contributed by atoms with Crippen molar-refractivity contribution in [1.29, 1.82) is 0 Å². The third kappa shape index (κ3) is 3.98. The molecule has 1 atom stereocenters. The lowest BCUT2D eigenvalue weighted by Crippen LogP contribution is -2.42. The monoisotopic (exact) mass is 386 g/mol. The van der Waals surface area contributed by atoms with E-state index in [1.54, 1.807) is 21.1 Å². The van der Waals surface area contributed by atoms with Crippen LogP contribution in [0.5, 0.6) is 11.5 Å². The molecule has 1 aliphatic rings. The Kier molecular flexibility index (Phi) is 6.23. The minimum Gasteiger partial charge on any atom is -0.493 e. The third-order valence-corrected chi connectivity index (χ3v) is 4.93. The van der Waals surface area contributed by atoms with Crippen LogP contribution in [0.15, 0.2) is 36.5 Å². The molecule has 3 rings (SSSR count). The van der Waals surface area contributed by atoms with Gasteiger partial charge >= 0.3 is 5.97 Å². The Balaban J connectivity index is 1.90. The number of carbonyl (C=O) groups is 2. The average molecular weight is 386 g/mol. The van der Waals surface area contributed by atoms with Crippen molar-refractivity contribution in [3.63, 3.8) is 0 Å². The van der Waals surface area contributed by atoms with Crippen LogP contribution in [0.2, 0.25) is 0 Å². The van der Waals surface area contributed by atoms with Crippen LogP contribution in [-0.4, -0.2) is 48.7 Å². The van der Waals surface area contributed by atoms with E-state index in [4.69, 9.17) is 14.2 Å². The van der Waals surface area contributed by atoms with Gasteiger partial charge in [0, 0.05) is 31.4 Å². The van der Waals surface area contributed by atoms with Crippen molar-refractivity contribution in [2.75, 3.05) is 27.4 Å². The summed E-state index contributed by atoms with van der Waals surface area (Å²) in [6, 6.07) is 9.44. The lowest BCUT2D eigenvalue weighted by molar-refractivity contribution is -0.146. The molecule has 0 N–H and O–H groups in total. The standard InChI is InChI=1S/C21H26N2O5/c1-4-28-20(25)10-9-19(24)23-13-12-22-11-5-6-16(22)21(23)15-7-8-17(26-2)18(14-15)27-3/h5-8,11,14,21H,4,9-10,12-13H2,1-3H3. The molecule has 1 amide bonds. The van der Waals surface area contributed by atoms with E-state index in [0.29, 0.717) is 24.7 Å². The molecular weight excluding hydrogens is 360 g/mol. The van der Waals surface area contributed by atoms with Gasteiger partial charge in [-0.1, -0.05) is 6.07 Å². The van der Waals surface area contributed by atoms with Crippen LogP contribution in [0.4, 0.5) is 0 Å². The van der Waals surface area contributed by atoms with Crippen LogP contribution in [0, 0.1) is 0 Å². The Bertz CT molecular complexity index is 845. The number of nitrogens with zero attached hydrogens (tertiary/aromatic N) is 2. The molecule has 0 aliphatic carbocycles. The zero-order chi connectivity index (χ0) is 20.1. The highest BCUT2D eigenvalue weighted by molar-refractivity contribution is 5.82. The molecular formula is C21H26N2O5. The van der Waals surface area contributed by atoms with Crippen LogP contribution in [0.3, 0.4) is 0 Å². The molecule has 1 unspecified atom stereocenters. The summed E-state index contributed by atoms with van der Waals surface area (Å²) < 4.78 is 17.9. The maximum atomic E-state index is 13.0. The van der Waals surface area contributed by atoms with E-state index in [2.05, 4.69) is 4.57 Å². The number of esters is 1. The highest BCUT2D eigenvalue weighted by atomic mass is 16.5. The Morgan fingerprint density at radius 1 is 1.07 bits per heavy atom. The first-order chi connectivity index (χ1) is 13.6. The third-order valence-electron chi connectivity index (χ3n) is 4.93. The van der Waals surface area contributed by atoms with Gasteiger partial charge in [-0.05, 0) is 36.8 Å². The number of fused-ring (bicyclic) bond motifs is 1. The summed E-state index contributed by atoms with van der Waals surface area (Å²) in [5, 5.41) is 0.